The van der Waals surface area contributed by atoms with Crippen molar-refractivity contribution < 1.29 is 37.4 Å². The highest BCUT2D eigenvalue weighted by atomic mass is 19.4. The summed E-state index contributed by atoms with van der Waals surface area (Å²) in [6.45, 7) is -0.319. The van der Waals surface area contributed by atoms with E-state index in [0.717, 1.165) is 22.3 Å². The van der Waals surface area contributed by atoms with Crippen LogP contribution in [0.3, 0.4) is 0 Å². The minimum absolute atomic E-state index is 0.0300. The highest BCUT2D eigenvalue weighted by molar-refractivity contribution is 5.89. The van der Waals surface area contributed by atoms with E-state index >= 15 is 0 Å². The minimum atomic E-state index is -4.68. The Morgan fingerprint density at radius 2 is 1.60 bits per heavy atom. The van der Waals surface area contributed by atoms with Gasteiger partial charge in [-0.25, -0.2) is 9.59 Å². The number of carboxylic acids is 1. The van der Waals surface area contributed by atoms with Crippen molar-refractivity contribution in [2.75, 3.05) is 13.2 Å². The summed E-state index contributed by atoms with van der Waals surface area (Å²) in [6.07, 6.45) is -6.60. The monoisotopic (exact) mass is 490 g/mol. The number of amides is 2. The maximum Gasteiger partial charge on any atom is 0.407 e. The summed E-state index contributed by atoms with van der Waals surface area (Å²) < 4.78 is 45.5. The van der Waals surface area contributed by atoms with E-state index in [-0.39, 0.29) is 31.9 Å². The van der Waals surface area contributed by atoms with E-state index < -0.39 is 48.4 Å². The average molecular weight is 490 g/mol. The largest absolute Gasteiger partial charge is 0.480 e. The van der Waals surface area contributed by atoms with E-state index in [9.17, 15) is 27.6 Å². The molecule has 10 heteroatoms. The first-order valence-electron chi connectivity index (χ1n) is 11.3. The van der Waals surface area contributed by atoms with Crippen molar-refractivity contribution in [3.8, 4) is 11.1 Å². The van der Waals surface area contributed by atoms with Crippen molar-refractivity contribution in [2.45, 2.75) is 43.3 Å². The van der Waals surface area contributed by atoms with Crippen molar-refractivity contribution in [1.29, 1.82) is 0 Å². The van der Waals surface area contributed by atoms with Crippen LogP contribution in [0.4, 0.5) is 18.0 Å². The molecule has 2 aliphatic carbocycles. The number of alkyl halides is 3. The second kappa shape index (κ2) is 9.59. The first-order chi connectivity index (χ1) is 16.6. The van der Waals surface area contributed by atoms with E-state index in [1.807, 2.05) is 48.5 Å². The normalized spacial score (nSPS) is 16.5. The number of halogens is 3. The summed E-state index contributed by atoms with van der Waals surface area (Å²) in [5, 5.41) is 13.6. The lowest BCUT2D eigenvalue weighted by atomic mass is 9.98. The van der Waals surface area contributed by atoms with Crippen LogP contribution < -0.4 is 10.6 Å². The van der Waals surface area contributed by atoms with Gasteiger partial charge in [-0.1, -0.05) is 48.5 Å². The van der Waals surface area contributed by atoms with Crippen LogP contribution in [0.15, 0.2) is 48.5 Å². The molecule has 0 spiro atoms. The molecule has 0 bridgehead atoms. The highest BCUT2D eigenvalue weighted by Crippen LogP contribution is 2.44. The topological polar surface area (TPSA) is 105 Å². The summed E-state index contributed by atoms with van der Waals surface area (Å²) in [6, 6.07) is 15.5. The number of fused-ring (bicyclic) bond motifs is 3. The summed E-state index contributed by atoms with van der Waals surface area (Å²) in [5.74, 6) is -4.44. The number of carbonyl (C=O) groups is 3. The Labute approximate surface area is 199 Å². The molecular weight excluding hydrogens is 465 g/mol. The van der Waals surface area contributed by atoms with Crippen LogP contribution in [0.25, 0.3) is 11.1 Å². The Kier molecular flexibility index (Phi) is 6.73. The molecule has 1 fully saturated rings. The van der Waals surface area contributed by atoms with Crippen molar-refractivity contribution in [3.05, 3.63) is 59.7 Å². The average Bonchev–Trinajstić information content (AvgIpc) is 3.52. The molecule has 2 aromatic carbocycles. The quantitative estimate of drug-likeness (QED) is 0.488. The van der Waals surface area contributed by atoms with Crippen LogP contribution in [0.5, 0.6) is 0 Å². The van der Waals surface area contributed by atoms with Gasteiger partial charge in [-0.05, 0) is 41.5 Å². The number of aliphatic carboxylic acids is 1. The van der Waals surface area contributed by atoms with Crippen molar-refractivity contribution in [3.63, 3.8) is 0 Å². The van der Waals surface area contributed by atoms with E-state index in [2.05, 4.69) is 10.6 Å². The Bertz CT molecular complexity index is 1080. The fourth-order valence-electron chi connectivity index (χ4n) is 4.44. The smallest absolute Gasteiger partial charge is 0.407 e. The SMILES string of the molecule is O=C(CC(CCNC(=O)OCC1c2ccccc2-c2ccccc21)C(F)(F)F)NC1(C(=O)O)CC1. The van der Waals surface area contributed by atoms with Crippen molar-refractivity contribution in [1.82, 2.24) is 10.6 Å². The Hall–Kier alpha value is -3.56. The predicted molar refractivity (Wildman–Crippen MR) is 120 cm³/mol. The Balaban J connectivity index is 1.28. The molecule has 0 aliphatic heterocycles. The van der Waals surface area contributed by atoms with Crippen LogP contribution in [0, 0.1) is 5.92 Å². The van der Waals surface area contributed by atoms with E-state index in [0.29, 0.717) is 0 Å². The van der Waals surface area contributed by atoms with E-state index in [4.69, 9.17) is 9.84 Å². The number of hydrogen-bond donors (Lipinski definition) is 3. The summed E-state index contributed by atoms with van der Waals surface area (Å²) in [5.41, 5.74) is 2.68. The van der Waals surface area contributed by atoms with Gasteiger partial charge in [0.2, 0.25) is 5.91 Å². The summed E-state index contributed by atoms with van der Waals surface area (Å²) >= 11 is 0. The molecule has 0 radical (unpaired) electrons. The number of carbonyl (C=O) groups excluding carboxylic acids is 2. The second-order valence-electron chi connectivity index (χ2n) is 8.92. The number of carboxylic acid groups (broad SMARTS) is 1. The lowest BCUT2D eigenvalue weighted by Crippen LogP contribution is -2.44. The molecule has 2 aliphatic rings. The van der Waals surface area contributed by atoms with Crippen molar-refractivity contribution >= 4 is 18.0 Å². The Morgan fingerprint density at radius 1 is 1.03 bits per heavy atom. The van der Waals surface area contributed by atoms with E-state index in [1.165, 1.54) is 0 Å². The molecule has 1 atom stereocenters. The third kappa shape index (κ3) is 5.41. The molecule has 2 aromatic rings. The van der Waals surface area contributed by atoms with Gasteiger partial charge in [0.25, 0.3) is 0 Å². The standard InChI is InChI=1S/C25H25F3N2O5/c26-25(27,28)15(13-21(31)30-24(10-11-24)22(32)33)9-12-29-23(34)35-14-20-18-7-3-1-5-16(18)17-6-2-4-8-19(17)20/h1-8,15,20H,9-14H2,(H,29,34)(H,30,31)(H,32,33). The van der Waals surface area contributed by atoms with Crippen LogP contribution in [-0.2, 0) is 14.3 Å². The molecule has 0 saturated heterocycles. The molecule has 0 aromatic heterocycles. The molecule has 7 nitrogen and oxygen atoms in total. The van der Waals surface area contributed by atoms with E-state index in [1.54, 1.807) is 0 Å². The first kappa shape index (κ1) is 24.6. The maximum atomic E-state index is 13.4. The maximum absolute atomic E-state index is 13.4. The van der Waals surface area contributed by atoms with Gasteiger partial charge in [-0.3, -0.25) is 4.79 Å². The van der Waals surface area contributed by atoms with Gasteiger partial charge >= 0.3 is 18.2 Å². The van der Waals surface area contributed by atoms with Gasteiger partial charge in [0, 0.05) is 18.9 Å². The molecule has 35 heavy (non-hydrogen) atoms. The lowest BCUT2D eigenvalue weighted by molar-refractivity contribution is -0.180. The zero-order valence-corrected chi connectivity index (χ0v) is 18.7. The molecule has 0 heterocycles. The predicted octanol–water partition coefficient (Wildman–Crippen LogP) is 4.22. The first-order valence-corrected chi connectivity index (χ1v) is 11.3. The molecule has 186 valence electrons. The number of hydrogen-bond acceptors (Lipinski definition) is 4. The summed E-state index contributed by atoms with van der Waals surface area (Å²) in [4.78, 5) is 35.4. The third-order valence-corrected chi connectivity index (χ3v) is 6.54. The highest BCUT2D eigenvalue weighted by Gasteiger charge is 2.52. The van der Waals surface area contributed by atoms with Crippen LogP contribution >= 0.6 is 0 Å². The van der Waals surface area contributed by atoms with Gasteiger partial charge < -0.3 is 20.5 Å². The molecular formula is C25H25F3N2O5. The number of alkyl carbamates (subject to hydrolysis) is 1. The van der Waals surface area contributed by atoms with Gasteiger partial charge in [0.1, 0.15) is 12.1 Å². The van der Waals surface area contributed by atoms with Gasteiger partial charge in [0.15, 0.2) is 0 Å². The van der Waals surface area contributed by atoms with Gasteiger partial charge in [-0.2, -0.15) is 13.2 Å². The lowest BCUT2D eigenvalue weighted by Gasteiger charge is -2.21. The minimum Gasteiger partial charge on any atom is -0.480 e. The molecule has 2 amide bonds. The molecule has 1 unspecified atom stereocenters. The fourth-order valence-corrected chi connectivity index (χ4v) is 4.44. The van der Waals surface area contributed by atoms with Gasteiger partial charge in [0.05, 0.1) is 5.92 Å². The van der Waals surface area contributed by atoms with Crippen LogP contribution in [0.1, 0.15) is 42.7 Å². The molecule has 1 saturated carbocycles. The fraction of sp³-hybridized carbons (Fsp3) is 0.400. The van der Waals surface area contributed by atoms with Crippen molar-refractivity contribution in [2.24, 2.45) is 5.92 Å². The zero-order valence-electron chi connectivity index (χ0n) is 18.7. The number of nitrogens with one attached hydrogen (secondary N) is 2. The van der Waals surface area contributed by atoms with Crippen LogP contribution in [-0.4, -0.2) is 47.9 Å². The second-order valence-corrected chi connectivity index (χ2v) is 8.92. The number of benzene rings is 2. The molecule has 3 N–H and O–H groups in total. The molecule has 4 rings (SSSR count). The summed E-state index contributed by atoms with van der Waals surface area (Å²) in [7, 11) is 0. The zero-order chi connectivity index (χ0) is 25.2. The number of ether oxygens (including phenoxy) is 1. The third-order valence-electron chi connectivity index (χ3n) is 6.54. The van der Waals surface area contributed by atoms with Gasteiger partial charge in [-0.15, -0.1) is 0 Å². The Morgan fingerprint density at radius 3 is 2.11 bits per heavy atom. The number of rotatable bonds is 9. The van der Waals surface area contributed by atoms with Crippen LogP contribution in [0.2, 0.25) is 0 Å².